The van der Waals surface area contributed by atoms with Crippen LogP contribution in [0, 0.1) is 11.3 Å². The van der Waals surface area contributed by atoms with Crippen LogP contribution >= 0.6 is 0 Å². The van der Waals surface area contributed by atoms with Crippen molar-refractivity contribution in [2.24, 2.45) is 11.3 Å². The van der Waals surface area contributed by atoms with Crippen LogP contribution < -0.4 is 0 Å². The van der Waals surface area contributed by atoms with Crippen molar-refractivity contribution in [2.45, 2.75) is 53.4 Å². The van der Waals surface area contributed by atoms with E-state index in [1.165, 1.54) is 45.3 Å². The smallest absolute Gasteiger partial charge is 0.00160 e. The fraction of sp³-hybridized carbons (Fsp3) is 1.00. The van der Waals surface area contributed by atoms with Gasteiger partial charge in [0.15, 0.2) is 0 Å². The van der Waals surface area contributed by atoms with Gasteiger partial charge in [0.05, 0.1) is 0 Å². The molecule has 0 bridgehead atoms. The van der Waals surface area contributed by atoms with Gasteiger partial charge in [0.2, 0.25) is 0 Å². The highest BCUT2D eigenvalue weighted by Crippen LogP contribution is 2.28. The Kier molecular flexibility index (Phi) is 4.43. The molecule has 1 heterocycles. The lowest BCUT2D eigenvalue weighted by Gasteiger charge is -2.31. The number of nitrogens with zero attached hydrogens (tertiary/aromatic N) is 1. The number of hydrogen-bond acceptors (Lipinski definition) is 1. The van der Waals surface area contributed by atoms with Crippen LogP contribution in [0.1, 0.15) is 53.4 Å². The van der Waals surface area contributed by atoms with E-state index in [0.29, 0.717) is 5.41 Å². The molecule has 1 unspecified atom stereocenters. The van der Waals surface area contributed by atoms with Gasteiger partial charge in [-0.05, 0) is 50.2 Å². The first-order valence-electron chi connectivity index (χ1n) is 6.22. The van der Waals surface area contributed by atoms with E-state index in [0.717, 1.165) is 5.92 Å². The monoisotopic (exact) mass is 197 g/mol. The molecule has 0 amide bonds. The lowest BCUT2D eigenvalue weighted by Crippen LogP contribution is -2.32. The molecule has 1 rings (SSSR count). The molecule has 1 fully saturated rings. The van der Waals surface area contributed by atoms with Crippen molar-refractivity contribution in [2.75, 3.05) is 19.6 Å². The SMILES string of the molecule is CC(CCN1CCCCC1)C(C)(C)C. The minimum absolute atomic E-state index is 0.482. The third-order valence-corrected chi connectivity index (χ3v) is 3.81. The van der Waals surface area contributed by atoms with Gasteiger partial charge < -0.3 is 4.90 Å². The van der Waals surface area contributed by atoms with Gasteiger partial charge in [-0.1, -0.05) is 34.1 Å². The Morgan fingerprint density at radius 3 is 2.14 bits per heavy atom. The normalized spacial score (nSPS) is 22.3. The second kappa shape index (κ2) is 5.16. The molecule has 0 aromatic carbocycles. The van der Waals surface area contributed by atoms with E-state index in [4.69, 9.17) is 0 Å². The van der Waals surface area contributed by atoms with Gasteiger partial charge in [0.25, 0.3) is 0 Å². The molecule has 0 aliphatic carbocycles. The molecule has 14 heavy (non-hydrogen) atoms. The van der Waals surface area contributed by atoms with Crippen molar-refractivity contribution in [3.63, 3.8) is 0 Å². The molecule has 1 nitrogen and oxygen atoms in total. The molecule has 0 aromatic rings. The van der Waals surface area contributed by atoms with Crippen molar-refractivity contribution < 1.29 is 0 Å². The van der Waals surface area contributed by atoms with Crippen LogP contribution in [0.5, 0.6) is 0 Å². The molecule has 0 radical (unpaired) electrons. The molecular weight excluding hydrogens is 170 g/mol. The maximum atomic E-state index is 2.64. The predicted molar refractivity (Wildman–Crippen MR) is 63.5 cm³/mol. The van der Waals surface area contributed by atoms with Crippen molar-refractivity contribution >= 4 is 0 Å². The third kappa shape index (κ3) is 4.00. The summed E-state index contributed by atoms with van der Waals surface area (Å²) in [7, 11) is 0. The average Bonchev–Trinajstić information content (AvgIpc) is 2.14. The molecule has 84 valence electrons. The number of rotatable bonds is 3. The standard InChI is InChI=1S/C13H27N/c1-12(13(2,3)4)8-11-14-9-6-5-7-10-14/h12H,5-11H2,1-4H3. The first kappa shape index (κ1) is 12.0. The van der Waals surface area contributed by atoms with Gasteiger partial charge in [-0.15, -0.1) is 0 Å². The summed E-state index contributed by atoms with van der Waals surface area (Å²) in [5, 5.41) is 0. The van der Waals surface area contributed by atoms with Gasteiger partial charge in [-0.3, -0.25) is 0 Å². The van der Waals surface area contributed by atoms with Crippen LogP contribution in [0.3, 0.4) is 0 Å². The highest BCUT2D eigenvalue weighted by molar-refractivity contribution is 4.72. The van der Waals surface area contributed by atoms with Crippen LogP contribution in [-0.4, -0.2) is 24.5 Å². The highest BCUT2D eigenvalue weighted by atomic mass is 15.1. The third-order valence-electron chi connectivity index (χ3n) is 3.81. The lowest BCUT2D eigenvalue weighted by atomic mass is 9.80. The topological polar surface area (TPSA) is 3.24 Å². The zero-order valence-electron chi connectivity index (χ0n) is 10.5. The summed E-state index contributed by atoms with van der Waals surface area (Å²) in [6, 6.07) is 0. The highest BCUT2D eigenvalue weighted by Gasteiger charge is 2.20. The van der Waals surface area contributed by atoms with E-state index in [1.807, 2.05) is 0 Å². The van der Waals surface area contributed by atoms with Crippen molar-refractivity contribution in [1.82, 2.24) is 4.90 Å². The van der Waals surface area contributed by atoms with Crippen LogP contribution in [-0.2, 0) is 0 Å². The van der Waals surface area contributed by atoms with Crippen LogP contribution in [0.25, 0.3) is 0 Å². The number of hydrogen-bond donors (Lipinski definition) is 0. The Bertz CT molecular complexity index is 151. The minimum atomic E-state index is 0.482. The van der Waals surface area contributed by atoms with E-state index >= 15 is 0 Å². The van der Waals surface area contributed by atoms with Gasteiger partial charge in [0, 0.05) is 0 Å². The summed E-state index contributed by atoms with van der Waals surface area (Å²) in [5.41, 5.74) is 0.482. The van der Waals surface area contributed by atoms with Gasteiger partial charge in [-0.25, -0.2) is 0 Å². The summed E-state index contributed by atoms with van der Waals surface area (Å²) in [4.78, 5) is 2.64. The van der Waals surface area contributed by atoms with Gasteiger partial charge in [0.1, 0.15) is 0 Å². The first-order chi connectivity index (χ1) is 6.50. The quantitative estimate of drug-likeness (QED) is 0.669. The first-order valence-corrected chi connectivity index (χ1v) is 6.22. The molecule has 1 aliphatic rings. The molecule has 1 saturated heterocycles. The second-order valence-corrected chi connectivity index (χ2v) is 5.96. The molecule has 0 aromatic heterocycles. The molecule has 1 heteroatoms. The van der Waals surface area contributed by atoms with Crippen LogP contribution in [0.15, 0.2) is 0 Å². The number of piperidine rings is 1. The Hall–Kier alpha value is -0.0400. The van der Waals surface area contributed by atoms with Gasteiger partial charge >= 0.3 is 0 Å². The van der Waals surface area contributed by atoms with Gasteiger partial charge in [-0.2, -0.15) is 0 Å². The van der Waals surface area contributed by atoms with E-state index < -0.39 is 0 Å². The largest absolute Gasteiger partial charge is 0.303 e. The minimum Gasteiger partial charge on any atom is -0.303 e. The summed E-state index contributed by atoms with van der Waals surface area (Å²) in [6.45, 7) is 13.5. The Labute approximate surface area is 89.9 Å². The fourth-order valence-electron chi connectivity index (χ4n) is 1.99. The molecule has 0 saturated carbocycles. The maximum Gasteiger partial charge on any atom is -0.00160 e. The predicted octanol–water partition coefficient (Wildman–Crippen LogP) is 3.54. The molecule has 1 aliphatic heterocycles. The maximum absolute atomic E-state index is 2.64. The molecular formula is C13H27N. The molecule has 1 atom stereocenters. The summed E-state index contributed by atoms with van der Waals surface area (Å²) < 4.78 is 0. The van der Waals surface area contributed by atoms with E-state index in [-0.39, 0.29) is 0 Å². The van der Waals surface area contributed by atoms with E-state index in [1.54, 1.807) is 0 Å². The van der Waals surface area contributed by atoms with E-state index in [9.17, 15) is 0 Å². The zero-order chi connectivity index (χ0) is 10.6. The van der Waals surface area contributed by atoms with E-state index in [2.05, 4.69) is 32.6 Å². The fourth-order valence-corrected chi connectivity index (χ4v) is 1.99. The van der Waals surface area contributed by atoms with Crippen molar-refractivity contribution in [1.29, 1.82) is 0 Å². The Balaban J connectivity index is 2.19. The second-order valence-electron chi connectivity index (χ2n) is 5.96. The van der Waals surface area contributed by atoms with Crippen molar-refractivity contribution in [3.05, 3.63) is 0 Å². The Morgan fingerprint density at radius 1 is 1.07 bits per heavy atom. The molecule has 0 spiro atoms. The number of likely N-dealkylation sites (tertiary alicyclic amines) is 1. The Morgan fingerprint density at radius 2 is 1.64 bits per heavy atom. The summed E-state index contributed by atoms with van der Waals surface area (Å²) in [5.74, 6) is 0.837. The molecule has 0 N–H and O–H groups in total. The van der Waals surface area contributed by atoms with Crippen LogP contribution in [0.4, 0.5) is 0 Å². The summed E-state index contributed by atoms with van der Waals surface area (Å²) in [6.07, 6.45) is 5.66. The van der Waals surface area contributed by atoms with Crippen LogP contribution in [0.2, 0.25) is 0 Å². The average molecular weight is 197 g/mol. The lowest BCUT2D eigenvalue weighted by molar-refractivity contribution is 0.177. The zero-order valence-corrected chi connectivity index (χ0v) is 10.5. The summed E-state index contributed by atoms with van der Waals surface area (Å²) >= 11 is 0. The van der Waals surface area contributed by atoms with Crippen molar-refractivity contribution in [3.8, 4) is 0 Å².